The summed E-state index contributed by atoms with van der Waals surface area (Å²) >= 11 is 0. The molecule has 1 aromatic heterocycles. The van der Waals surface area contributed by atoms with Crippen molar-refractivity contribution in [2.24, 2.45) is 0 Å². The molecule has 2 heterocycles. The standard InChI is InChI=1S/C14H19N5/c1-2-19(11-6-5-9-15-10-11)14-16-12-7-3-4-8-13(12)17-18-14/h3-4,7-8,11,15H,2,5-6,9-10H2,1H3. The van der Waals surface area contributed by atoms with Gasteiger partial charge in [0.05, 0.1) is 5.52 Å². The molecular formula is C14H19N5. The van der Waals surface area contributed by atoms with Crippen LogP contribution in [-0.4, -0.2) is 40.9 Å². The topological polar surface area (TPSA) is 53.9 Å². The summed E-state index contributed by atoms with van der Waals surface area (Å²) in [4.78, 5) is 6.90. The van der Waals surface area contributed by atoms with Crippen molar-refractivity contribution in [1.29, 1.82) is 0 Å². The zero-order valence-corrected chi connectivity index (χ0v) is 11.2. The molecule has 0 amide bonds. The van der Waals surface area contributed by atoms with Crippen molar-refractivity contribution in [3.05, 3.63) is 24.3 Å². The van der Waals surface area contributed by atoms with Gasteiger partial charge in [-0.05, 0) is 38.4 Å². The normalized spacial score (nSPS) is 19.5. The predicted octanol–water partition coefficient (Wildman–Crippen LogP) is 1.60. The molecule has 1 unspecified atom stereocenters. The van der Waals surface area contributed by atoms with Gasteiger partial charge >= 0.3 is 0 Å². The number of piperidine rings is 1. The van der Waals surface area contributed by atoms with E-state index in [-0.39, 0.29) is 0 Å². The fourth-order valence-electron chi connectivity index (χ4n) is 2.66. The van der Waals surface area contributed by atoms with Crippen LogP contribution < -0.4 is 10.2 Å². The highest BCUT2D eigenvalue weighted by Crippen LogP contribution is 2.18. The molecule has 0 radical (unpaired) electrons. The van der Waals surface area contributed by atoms with Gasteiger partial charge in [-0.1, -0.05) is 12.1 Å². The minimum absolute atomic E-state index is 0.474. The van der Waals surface area contributed by atoms with Crippen LogP contribution in [0.2, 0.25) is 0 Å². The Morgan fingerprint density at radius 2 is 2.11 bits per heavy atom. The van der Waals surface area contributed by atoms with E-state index in [1.54, 1.807) is 0 Å². The van der Waals surface area contributed by atoms with Gasteiger partial charge in [0.2, 0.25) is 5.95 Å². The van der Waals surface area contributed by atoms with Gasteiger partial charge in [-0.2, -0.15) is 0 Å². The number of para-hydroxylation sites is 1. The largest absolute Gasteiger partial charge is 0.336 e. The van der Waals surface area contributed by atoms with Gasteiger partial charge in [-0.25, -0.2) is 4.98 Å². The quantitative estimate of drug-likeness (QED) is 0.905. The molecule has 5 heteroatoms. The summed E-state index contributed by atoms with van der Waals surface area (Å²) in [7, 11) is 0. The number of hydrogen-bond donors (Lipinski definition) is 1. The molecule has 1 N–H and O–H groups in total. The highest BCUT2D eigenvalue weighted by atomic mass is 15.3. The third kappa shape index (κ3) is 2.51. The monoisotopic (exact) mass is 257 g/mol. The van der Waals surface area contributed by atoms with Crippen molar-refractivity contribution in [3.63, 3.8) is 0 Å². The second-order valence-corrected chi connectivity index (χ2v) is 4.89. The zero-order valence-electron chi connectivity index (χ0n) is 11.2. The van der Waals surface area contributed by atoms with E-state index < -0.39 is 0 Å². The molecule has 5 nitrogen and oxygen atoms in total. The van der Waals surface area contributed by atoms with E-state index in [1.165, 1.54) is 12.8 Å². The average Bonchev–Trinajstić information content (AvgIpc) is 2.49. The first kappa shape index (κ1) is 12.3. The molecule has 0 aliphatic carbocycles. The van der Waals surface area contributed by atoms with Crippen LogP contribution in [0.4, 0.5) is 5.95 Å². The number of anilines is 1. The van der Waals surface area contributed by atoms with Crippen LogP contribution in [0.3, 0.4) is 0 Å². The van der Waals surface area contributed by atoms with Gasteiger partial charge in [0, 0.05) is 19.1 Å². The summed E-state index contributed by atoms with van der Waals surface area (Å²) in [6.45, 7) is 5.18. The van der Waals surface area contributed by atoms with Crippen molar-refractivity contribution in [1.82, 2.24) is 20.5 Å². The minimum Gasteiger partial charge on any atom is -0.336 e. The Kier molecular flexibility index (Phi) is 3.55. The Morgan fingerprint density at radius 3 is 2.84 bits per heavy atom. The lowest BCUT2D eigenvalue weighted by Crippen LogP contribution is -2.46. The van der Waals surface area contributed by atoms with Gasteiger partial charge < -0.3 is 10.2 Å². The molecule has 1 aromatic carbocycles. The maximum absolute atomic E-state index is 4.65. The van der Waals surface area contributed by atoms with Crippen LogP contribution in [0.1, 0.15) is 19.8 Å². The van der Waals surface area contributed by atoms with Crippen LogP contribution in [0.25, 0.3) is 11.0 Å². The number of benzene rings is 1. The summed E-state index contributed by atoms with van der Waals surface area (Å²) in [5.41, 5.74) is 1.76. The van der Waals surface area contributed by atoms with Crippen LogP contribution in [0.15, 0.2) is 24.3 Å². The van der Waals surface area contributed by atoms with Gasteiger partial charge in [0.15, 0.2) is 0 Å². The van der Waals surface area contributed by atoms with E-state index in [9.17, 15) is 0 Å². The fraction of sp³-hybridized carbons (Fsp3) is 0.500. The van der Waals surface area contributed by atoms with E-state index in [0.717, 1.165) is 36.6 Å². The Balaban J connectivity index is 1.91. The number of fused-ring (bicyclic) bond motifs is 1. The lowest BCUT2D eigenvalue weighted by atomic mass is 10.1. The maximum atomic E-state index is 4.65. The Morgan fingerprint density at radius 1 is 1.26 bits per heavy atom. The molecule has 1 saturated heterocycles. The van der Waals surface area contributed by atoms with Crippen LogP contribution in [0, 0.1) is 0 Å². The summed E-state index contributed by atoms with van der Waals surface area (Å²) in [6.07, 6.45) is 2.40. The number of nitrogens with zero attached hydrogens (tertiary/aromatic N) is 4. The molecule has 1 atom stereocenters. The minimum atomic E-state index is 0.474. The molecule has 100 valence electrons. The number of nitrogens with one attached hydrogen (secondary N) is 1. The second-order valence-electron chi connectivity index (χ2n) is 4.89. The summed E-state index contributed by atoms with van der Waals surface area (Å²) in [5, 5.41) is 12.0. The first-order valence-electron chi connectivity index (χ1n) is 6.95. The summed E-state index contributed by atoms with van der Waals surface area (Å²) in [5.74, 6) is 0.745. The molecule has 0 bridgehead atoms. The molecule has 0 saturated carbocycles. The van der Waals surface area contributed by atoms with Gasteiger partial charge in [-0.3, -0.25) is 0 Å². The molecule has 0 spiro atoms. The van der Waals surface area contributed by atoms with E-state index in [2.05, 4.69) is 32.3 Å². The molecule has 2 aromatic rings. The van der Waals surface area contributed by atoms with Crippen molar-refractivity contribution < 1.29 is 0 Å². The Labute approximate surface area is 113 Å². The molecule has 1 aliphatic heterocycles. The predicted molar refractivity (Wildman–Crippen MR) is 76.2 cm³/mol. The zero-order chi connectivity index (χ0) is 13.1. The average molecular weight is 257 g/mol. The number of likely N-dealkylation sites (N-methyl/N-ethyl adjacent to an activating group) is 1. The van der Waals surface area contributed by atoms with E-state index in [1.807, 2.05) is 24.3 Å². The number of hydrogen-bond acceptors (Lipinski definition) is 5. The van der Waals surface area contributed by atoms with E-state index >= 15 is 0 Å². The van der Waals surface area contributed by atoms with Crippen molar-refractivity contribution in [2.75, 3.05) is 24.5 Å². The highest BCUT2D eigenvalue weighted by molar-refractivity contribution is 5.74. The number of rotatable bonds is 3. The first-order chi connectivity index (χ1) is 9.38. The van der Waals surface area contributed by atoms with Crippen molar-refractivity contribution in [3.8, 4) is 0 Å². The number of aromatic nitrogens is 3. The third-order valence-corrected chi connectivity index (χ3v) is 3.66. The van der Waals surface area contributed by atoms with E-state index in [4.69, 9.17) is 0 Å². The highest BCUT2D eigenvalue weighted by Gasteiger charge is 2.22. The van der Waals surface area contributed by atoms with E-state index in [0.29, 0.717) is 6.04 Å². The summed E-state index contributed by atoms with van der Waals surface area (Å²) < 4.78 is 0. The maximum Gasteiger partial charge on any atom is 0.246 e. The Hall–Kier alpha value is -1.75. The lowest BCUT2D eigenvalue weighted by Gasteiger charge is -2.33. The van der Waals surface area contributed by atoms with Crippen LogP contribution in [0.5, 0.6) is 0 Å². The molecule has 3 rings (SSSR count). The molecular weight excluding hydrogens is 238 g/mol. The fourth-order valence-corrected chi connectivity index (χ4v) is 2.66. The van der Waals surface area contributed by atoms with Gasteiger partial charge in [0.25, 0.3) is 0 Å². The van der Waals surface area contributed by atoms with Crippen molar-refractivity contribution in [2.45, 2.75) is 25.8 Å². The molecule has 19 heavy (non-hydrogen) atoms. The second kappa shape index (κ2) is 5.48. The van der Waals surface area contributed by atoms with Gasteiger partial charge in [0.1, 0.15) is 5.52 Å². The lowest BCUT2D eigenvalue weighted by molar-refractivity contribution is 0.430. The smallest absolute Gasteiger partial charge is 0.246 e. The molecule has 1 fully saturated rings. The van der Waals surface area contributed by atoms with Crippen LogP contribution >= 0.6 is 0 Å². The third-order valence-electron chi connectivity index (χ3n) is 3.66. The van der Waals surface area contributed by atoms with Crippen molar-refractivity contribution >= 4 is 17.0 Å². The first-order valence-corrected chi connectivity index (χ1v) is 6.95. The summed E-state index contributed by atoms with van der Waals surface area (Å²) in [6, 6.07) is 8.35. The molecule has 1 aliphatic rings. The Bertz CT molecular complexity index is 550. The van der Waals surface area contributed by atoms with Crippen LogP contribution in [-0.2, 0) is 0 Å². The SMILES string of the molecule is CCN(c1nnc2ccccc2n1)C1CCCNC1. The van der Waals surface area contributed by atoms with Gasteiger partial charge in [-0.15, -0.1) is 10.2 Å².